The molecule has 0 saturated heterocycles. The molecule has 2 aromatic rings. The third kappa shape index (κ3) is 2.62. The molecule has 0 fully saturated rings. The molecule has 0 unspecified atom stereocenters. The van der Waals surface area contributed by atoms with Gasteiger partial charge >= 0.3 is 6.92 Å². The molecule has 0 aliphatic carbocycles. The third-order valence-corrected chi connectivity index (χ3v) is 3.22. The van der Waals surface area contributed by atoms with Gasteiger partial charge in [-0.1, -0.05) is 43.3 Å². The summed E-state index contributed by atoms with van der Waals surface area (Å²) in [4.78, 5) is 0. The summed E-state index contributed by atoms with van der Waals surface area (Å²) in [6, 6.07) is 12.6. The second-order valence-electron chi connectivity index (χ2n) is 4.51. The quantitative estimate of drug-likeness (QED) is 0.813. The molecular weight excluding hydrogens is 226 g/mol. The van der Waals surface area contributed by atoms with Gasteiger partial charge in [-0.3, -0.25) is 0 Å². The molecule has 0 bridgehead atoms. The Kier molecular flexibility index (Phi) is 3.82. The van der Waals surface area contributed by atoms with Crippen LogP contribution in [-0.4, -0.2) is 11.9 Å². The minimum atomic E-state index is -0.772. The molecule has 0 saturated carbocycles. The van der Waals surface area contributed by atoms with Crippen molar-refractivity contribution in [3.63, 3.8) is 0 Å². The lowest BCUT2D eigenvalue weighted by Gasteiger charge is -2.09. The van der Waals surface area contributed by atoms with E-state index in [1.165, 1.54) is 11.6 Å². The van der Waals surface area contributed by atoms with Crippen molar-refractivity contribution in [2.24, 2.45) is 0 Å². The van der Waals surface area contributed by atoms with E-state index in [0.717, 1.165) is 11.9 Å². The SMILES string of the molecule is CCc1ccc(B(O)c2ccc(C)c(F)c2)cc1. The Hall–Kier alpha value is -1.61. The number of benzene rings is 2. The van der Waals surface area contributed by atoms with Crippen LogP contribution in [0.3, 0.4) is 0 Å². The fraction of sp³-hybridized carbons (Fsp3) is 0.200. The van der Waals surface area contributed by atoms with E-state index in [1.807, 2.05) is 24.3 Å². The van der Waals surface area contributed by atoms with Crippen molar-refractivity contribution in [3.8, 4) is 0 Å². The predicted octanol–water partition coefficient (Wildman–Crippen LogP) is 1.79. The Morgan fingerprint density at radius 2 is 1.67 bits per heavy atom. The van der Waals surface area contributed by atoms with Crippen LogP contribution in [0.2, 0.25) is 0 Å². The number of halogens is 1. The van der Waals surface area contributed by atoms with E-state index in [9.17, 15) is 9.41 Å². The minimum Gasteiger partial charge on any atom is -0.443 e. The molecule has 0 aliphatic rings. The van der Waals surface area contributed by atoms with E-state index in [0.29, 0.717) is 11.0 Å². The average molecular weight is 242 g/mol. The summed E-state index contributed by atoms with van der Waals surface area (Å²) in [7, 11) is 0. The molecule has 2 rings (SSSR count). The van der Waals surface area contributed by atoms with Crippen LogP contribution in [0, 0.1) is 12.7 Å². The lowest BCUT2D eigenvalue weighted by Crippen LogP contribution is -2.42. The first kappa shape index (κ1) is 12.8. The zero-order valence-corrected chi connectivity index (χ0v) is 10.7. The second-order valence-corrected chi connectivity index (χ2v) is 4.51. The molecule has 0 aliphatic heterocycles. The predicted molar refractivity (Wildman–Crippen MR) is 74.2 cm³/mol. The monoisotopic (exact) mass is 242 g/mol. The topological polar surface area (TPSA) is 20.2 Å². The maximum Gasteiger partial charge on any atom is 0.359 e. The van der Waals surface area contributed by atoms with E-state index in [2.05, 4.69) is 6.92 Å². The highest BCUT2D eigenvalue weighted by molar-refractivity contribution is 6.78. The third-order valence-electron chi connectivity index (χ3n) is 3.22. The van der Waals surface area contributed by atoms with E-state index in [-0.39, 0.29) is 5.82 Å². The first-order valence-corrected chi connectivity index (χ1v) is 6.14. The van der Waals surface area contributed by atoms with Gasteiger partial charge in [-0.25, -0.2) is 4.39 Å². The minimum absolute atomic E-state index is 0.281. The molecule has 0 amide bonds. The van der Waals surface area contributed by atoms with Gasteiger partial charge in [-0.2, -0.15) is 0 Å². The molecule has 2 aromatic carbocycles. The summed E-state index contributed by atoms with van der Waals surface area (Å²) in [5.74, 6) is -0.281. The van der Waals surface area contributed by atoms with Crippen LogP contribution in [0.25, 0.3) is 0 Å². The van der Waals surface area contributed by atoms with Gasteiger partial charge in [0.05, 0.1) is 0 Å². The van der Waals surface area contributed by atoms with Crippen molar-refractivity contribution < 1.29 is 9.41 Å². The molecule has 3 heteroatoms. The highest BCUT2D eigenvalue weighted by Gasteiger charge is 2.17. The summed E-state index contributed by atoms with van der Waals surface area (Å²) in [6.45, 7) is 3.02. The van der Waals surface area contributed by atoms with Gasteiger partial charge in [0.15, 0.2) is 0 Å². The summed E-state index contributed by atoms with van der Waals surface area (Å²) < 4.78 is 13.5. The fourth-order valence-electron chi connectivity index (χ4n) is 1.91. The van der Waals surface area contributed by atoms with Crippen molar-refractivity contribution in [1.82, 2.24) is 0 Å². The van der Waals surface area contributed by atoms with Crippen LogP contribution in [-0.2, 0) is 6.42 Å². The van der Waals surface area contributed by atoms with Gasteiger partial charge in [0.1, 0.15) is 5.82 Å². The van der Waals surface area contributed by atoms with Gasteiger partial charge < -0.3 is 5.02 Å². The number of aryl methyl sites for hydroxylation is 2. The van der Waals surface area contributed by atoms with Crippen LogP contribution < -0.4 is 10.9 Å². The molecule has 0 atom stereocenters. The van der Waals surface area contributed by atoms with Gasteiger partial charge in [0.2, 0.25) is 0 Å². The Balaban J connectivity index is 2.28. The van der Waals surface area contributed by atoms with Crippen molar-refractivity contribution in [3.05, 3.63) is 59.4 Å². The van der Waals surface area contributed by atoms with Crippen LogP contribution in [0.4, 0.5) is 4.39 Å². The van der Waals surface area contributed by atoms with E-state index >= 15 is 0 Å². The number of hydrogen-bond acceptors (Lipinski definition) is 1. The van der Waals surface area contributed by atoms with Crippen molar-refractivity contribution in [2.75, 3.05) is 0 Å². The Morgan fingerprint density at radius 1 is 1.06 bits per heavy atom. The zero-order chi connectivity index (χ0) is 13.1. The van der Waals surface area contributed by atoms with Crippen LogP contribution >= 0.6 is 0 Å². The van der Waals surface area contributed by atoms with Crippen molar-refractivity contribution in [2.45, 2.75) is 20.3 Å². The zero-order valence-electron chi connectivity index (χ0n) is 10.7. The highest BCUT2D eigenvalue weighted by Crippen LogP contribution is 2.03. The maximum absolute atomic E-state index is 13.5. The lowest BCUT2D eigenvalue weighted by molar-refractivity contribution is 0.596. The van der Waals surface area contributed by atoms with Crippen molar-refractivity contribution in [1.29, 1.82) is 0 Å². The van der Waals surface area contributed by atoms with E-state index in [1.54, 1.807) is 19.1 Å². The van der Waals surface area contributed by atoms with Crippen LogP contribution in [0.1, 0.15) is 18.1 Å². The first-order valence-electron chi connectivity index (χ1n) is 6.14. The van der Waals surface area contributed by atoms with E-state index in [4.69, 9.17) is 0 Å². The standard InChI is InChI=1S/C15H16BFO/c1-3-12-5-8-13(9-6-12)16(18)14-7-4-11(2)15(17)10-14/h4-10,18H,3H2,1-2H3. The lowest BCUT2D eigenvalue weighted by atomic mass is 9.56. The van der Waals surface area contributed by atoms with Crippen molar-refractivity contribution >= 4 is 17.8 Å². The normalized spacial score (nSPS) is 10.4. The average Bonchev–Trinajstić information content (AvgIpc) is 2.41. The van der Waals surface area contributed by atoms with Crippen LogP contribution in [0.15, 0.2) is 42.5 Å². The van der Waals surface area contributed by atoms with Gasteiger partial charge in [-0.05, 0) is 41.5 Å². The molecule has 1 N–H and O–H groups in total. The molecule has 1 nitrogen and oxygen atoms in total. The summed E-state index contributed by atoms with van der Waals surface area (Å²) >= 11 is 0. The fourth-order valence-corrected chi connectivity index (χ4v) is 1.91. The van der Waals surface area contributed by atoms with Gasteiger partial charge in [0.25, 0.3) is 0 Å². The Bertz CT molecular complexity index is 537. The molecule has 18 heavy (non-hydrogen) atoms. The summed E-state index contributed by atoms with van der Waals surface area (Å²) in [5, 5.41) is 10.2. The smallest absolute Gasteiger partial charge is 0.359 e. The number of rotatable bonds is 3. The molecular formula is C15H16BFO. The van der Waals surface area contributed by atoms with Gasteiger partial charge in [-0.15, -0.1) is 0 Å². The van der Waals surface area contributed by atoms with Crippen LogP contribution in [0.5, 0.6) is 0 Å². The first-order chi connectivity index (χ1) is 8.61. The van der Waals surface area contributed by atoms with Gasteiger partial charge in [0, 0.05) is 0 Å². The molecule has 0 heterocycles. The Labute approximate surface area is 107 Å². The molecule has 92 valence electrons. The maximum atomic E-state index is 13.5. The molecule has 0 radical (unpaired) electrons. The summed E-state index contributed by atoms with van der Waals surface area (Å²) in [6.07, 6.45) is 0.968. The molecule has 0 spiro atoms. The largest absolute Gasteiger partial charge is 0.443 e. The van der Waals surface area contributed by atoms with E-state index < -0.39 is 6.92 Å². The highest BCUT2D eigenvalue weighted by atomic mass is 19.1. The Morgan fingerprint density at radius 3 is 2.22 bits per heavy atom. The summed E-state index contributed by atoms with van der Waals surface area (Å²) in [5.41, 5.74) is 3.19. The number of hydrogen-bond donors (Lipinski definition) is 1. The molecule has 0 aromatic heterocycles. The second kappa shape index (κ2) is 5.36.